The molecular formula is C18H26N4O3S. The van der Waals surface area contributed by atoms with E-state index in [1.54, 1.807) is 10.5 Å². The molecule has 0 radical (unpaired) electrons. The normalized spacial score (nSPS) is 27.0. The van der Waals surface area contributed by atoms with Crippen molar-refractivity contribution in [3.05, 3.63) is 18.3 Å². The first-order valence-electron chi connectivity index (χ1n) is 9.45. The van der Waals surface area contributed by atoms with Gasteiger partial charge in [0.15, 0.2) is 5.82 Å². The number of carbonyl (C=O) groups is 1. The summed E-state index contributed by atoms with van der Waals surface area (Å²) in [5, 5.41) is 2.70. The number of nitrogens with one attached hydrogen (secondary N) is 1. The highest BCUT2D eigenvalue weighted by Crippen LogP contribution is 2.39. The summed E-state index contributed by atoms with van der Waals surface area (Å²) in [6, 6.07) is 3.79. The number of amides is 1. The standard InChI is InChI=1S/C18H26N4O3S/c1-13(23)20-16-6-4-9-19-18(16)22-10-3-2-5-14-11-21(12-17(14)22)26(24,25)15-7-8-15/h4,6,9,14-15,17H,2-3,5,7-8,10-12H2,1H3,(H,20,23)/t14-,17+/m1/s1. The van der Waals surface area contributed by atoms with Crippen molar-refractivity contribution in [2.24, 2.45) is 5.92 Å². The monoisotopic (exact) mass is 378 g/mol. The molecule has 1 amide bonds. The van der Waals surface area contributed by atoms with Crippen LogP contribution >= 0.6 is 0 Å². The molecule has 3 aliphatic rings. The Bertz CT molecular complexity index is 793. The third-order valence-corrected chi connectivity index (χ3v) is 8.00. The number of aromatic nitrogens is 1. The van der Waals surface area contributed by atoms with Gasteiger partial charge in [0.05, 0.1) is 10.9 Å². The van der Waals surface area contributed by atoms with Crippen LogP contribution in [0.1, 0.15) is 39.0 Å². The second-order valence-electron chi connectivity index (χ2n) is 7.63. The highest BCUT2D eigenvalue weighted by Gasteiger charge is 2.47. The molecule has 0 aromatic carbocycles. The van der Waals surface area contributed by atoms with E-state index in [4.69, 9.17) is 0 Å². The lowest BCUT2D eigenvalue weighted by Gasteiger charge is -2.32. The maximum Gasteiger partial charge on any atom is 0.221 e. The van der Waals surface area contributed by atoms with Crippen molar-refractivity contribution >= 4 is 27.4 Å². The van der Waals surface area contributed by atoms with Gasteiger partial charge >= 0.3 is 0 Å². The molecule has 7 nitrogen and oxygen atoms in total. The van der Waals surface area contributed by atoms with E-state index in [1.165, 1.54) is 6.92 Å². The molecular weight excluding hydrogens is 352 g/mol. The first-order chi connectivity index (χ1) is 12.5. The van der Waals surface area contributed by atoms with Crippen molar-refractivity contribution in [2.45, 2.75) is 50.3 Å². The van der Waals surface area contributed by atoms with Gasteiger partial charge in [0, 0.05) is 38.8 Å². The summed E-state index contributed by atoms with van der Waals surface area (Å²) in [4.78, 5) is 18.3. The first kappa shape index (κ1) is 17.7. The molecule has 1 aliphatic carbocycles. The number of rotatable bonds is 4. The predicted octanol–water partition coefficient (Wildman–Crippen LogP) is 1.82. The molecule has 2 aliphatic heterocycles. The number of sulfonamides is 1. The van der Waals surface area contributed by atoms with E-state index in [0.29, 0.717) is 24.7 Å². The van der Waals surface area contributed by atoms with Crippen LogP contribution in [-0.2, 0) is 14.8 Å². The molecule has 2 saturated heterocycles. The zero-order valence-corrected chi connectivity index (χ0v) is 15.9. The average Bonchev–Trinajstić information content (AvgIpc) is 3.40. The van der Waals surface area contributed by atoms with Gasteiger partial charge in [-0.05, 0) is 43.7 Å². The molecule has 26 heavy (non-hydrogen) atoms. The van der Waals surface area contributed by atoms with Gasteiger partial charge < -0.3 is 10.2 Å². The molecule has 4 rings (SSSR count). The molecule has 8 heteroatoms. The Morgan fingerprint density at radius 3 is 2.77 bits per heavy atom. The lowest BCUT2D eigenvalue weighted by Crippen LogP contribution is -2.42. The van der Waals surface area contributed by atoms with Crippen molar-refractivity contribution in [3.8, 4) is 0 Å². The largest absolute Gasteiger partial charge is 0.350 e. The van der Waals surface area contributed by atoms with Crippen LogP contribution < -0.4 is 10.2 Å². The fourth-order valence-electron chi connectivity index (χ4n) is 4.27. The molecule has 0 unspecified atom stereocenters. The van der Waals surface area contributed by atoms with Crippen molar-refractivity contribution < 1.29 is 13.2 Å². The minimum Gasteiger partial charge on any atom is -0.350 e. The van der Waals surface area contributed by atoms with Crippen LogP contribution in [0.5, 0.6) is 0 Å². The zero-order chi connectivity index (χ0) is 18.3. The van der Waals surface area contributed by atoms with E-state index >= 15 is 0 Å². The number of anilines is 2. The SMILES string of the molecule is CC(=O)Nc1cccnc1N1CCCC[C@@H]2CN(S(=O)(=O)C3CC3)C[C@@H]21. The molecule has 1 aromatic rings. The Hall–Kier alpha value is -1.67. The molecule has 142 valence electrons. The fraction of sp³-hybridized carbons (Fsp3) is 0.667. The van der Waals surface area contributed by atoms with Gasteiger partial charge in [0.1, 0.15) is 0 Å². The number of hydrogen-bond donors (Lipinski definition) is 1. The van der Waals surface area contributed by atoms with Crippen LogP contribution in [0.2, 0.25) is 0 Å². The van der Waals surface area contributed by atoms with Crippen LogP contribution in [0.15, 0.2) is 18.3 Å². The molecule has 1 N–H and O–H groups in total. The van der Waals surface area contributed by atoms with Crippen LogP contribution in [0.3, 0.4) is 0 Å². The summed E-state index contributed by atoms with van der Waals surface area (Å²) in [5.41, 5.74) is 0.698. The van der Waals surface area contributed by atoms with Gasteiger partial charge in [0.2, 0.25) is 15.9 Å². The summed E-state index contributed by atoms with van der Waals surface area (Å²) in [6.07, 6.45) is 6.51. The third kappa shape index (κ3) is 3.32. The Kier molecular flexibility index (Phi) is 4.64. The number of fused-ring (bicyclic) bond motifs is 1. The topological polar surface area (TPSA) is 82.6 Å². The Morgan fingerprint density at radius 2 is 2.04 bits per heavy atom. The van der Waals surface area contributed by atoms with Crippen LogP contribution in [0.4, 0.5) is 11.5 Å². The average molecular weight is 378 g/mol. The smallest absolute Gasteiger partial charge is 0.221 e. The molecule has 1 saturated carbocycles. The summed E-state index contributed by atoms with van der Waals surface area (Å²) < 4.78 is 27.1. The highest BCUT2D eigenvalue weighted by atomic mass is 32.2. The van der Waals surface area contributed by atoms with Crippen LogP contribution in [0, 0.1) is 5.92 Å². The lowest BCUT2D eigenvalue weighted by atomic mass is 9.98. The van der Waals surface area contributed by atoms with Crippen molar-refractivity contribution in [3.63, 3.8) is 0 Å². The number of nitrogens with zero attached hydrogens (tertiary/aromatic N) is 3. The Morgan fingerprint density at radius 1 is 1.23 bits per heavy atom. The van der Waals surface area contributed by atoms with Crippen LogP contribution in [-0.4, -0.2) is 54.5 Å². The fourth-order valence-corrected chi connectivity index (χ4v) is 6.18. The van der Waals surface area contributed by atoms with Crippen molar-refractivity contribution in [1.82, 2.24) is 9.29 Å². The van der Waals surface area contributed by atoms with Gasteiger partial charge in [0.25, 0.3) is 0 Å². The van der Waals surface area contributed by atoms with Crippen molar-refractivity contribution in [2.75, 3.05) is 29.9 Å². The third-order valence-electron chi connectivity index (χ3n) is 5.67. The molecule has 2 atom stereocenters. The minimum absolute atomic E-state index is 0.119. The van der Waals surface area contributed by atoms with Gasteiger partial charge in [-0.15, -0.1) is 0 Å². The Labute approximate surface area is 154 Å². The Balaban J connectivity index is 1.63. The maximum atomic E-state index is 12.7. The first-order valence-corrected chi connectivity index (χ1v) is 11.0. The summed E-state index contributed by atoms with van der Waals surface area (Å²) >= 11 is 0. The quantitative estimate of drug-likeness (QED) is 0.864. The summed E-state index contributed by atoms with van der Waals surface area (Å²) in [7, 11) is -3.15. The molecule has 3 fully saturated rings. The van der Waals surface area contributed by atoms with Gasteiger partial charge in [-0.2, -0.15) is 4.31 Å². The number of carbonyl (C=O) groups excluding carboxylic acids is 1. The van der Waals surface area contributed by atoms with Crippen LogP contribution in [0.25, 0.3) is 0 Å². The summed E-state index contributed by atoms with van der Waals surface area (Å²) in [5.74, 6) is 0.943. The second kappa shape index (κ2) is 6.81. The van der Waals surface area contributed by atoms with E-state index in [1.807, 2.05) is 12.1 Å². The lowest BCUT2D eigenvalue weighted by molar-refractivity contribution is -0.114. The van der Waals surface area contributed by atoms with Gasteiger partial charge in [-0.3, -0.25) is 4.79 Å². The highest BCUT2D eigenvalue weighted by molar-refractivity contribution is 7.90. The molecule has 0 spiro atoms. The maximum absolute atomic E-state index is 12.7. The van der Waals surface area contributed by atoms with E-state index in [2.05, 4.69) is 15.2 Å². The van der Waals surface area contributed by atoms with E-state index in [-0.39, 0.29) is 17.2 Å². The minimum atomic E-state index is -3.15. The molecule has 0 bridgehead atoms. The van der Waals surface area contributed by atoms with Crippen molar-refractivity contribution in [1.29, 1.82) is 0 Å². The van der Waals surface area contributed by atoms with E-state index in [0.717, 1.165) is 44.5 Å². The van der Waals surface area contributed by atoms with Gasteiger partial charge in [-0.1, -0.05) is 6.42 Å². The number of hydrogen-bond acceptors (Lipinski definition) is 5. The second-order valence-corrected chi connectivity index (χ2v) is 9.85. The summed E-state index contributed by atoms with van der Waals surface area (Å²) in [6.45, 7) is 3.46. The number of pyridine rings is 1. The molecule has 3 heterocycles. The van der Waals surface area contributed by atoms with E-state index < -0.39 is 10.0 Å². The van der Waals surface area contributed by atoms with E-state index in [9.17, 15) is 13.2 Å². The zero-order valence-electron chi connectivity index (χ0n) is 15.1. The van der Waals surface area contributed by atoms with Gasteiger partial charge in [-0.25, -0.2) is 13.4 Å². The predicted molar refractivity (Wildman–Crippen MR) is 101 cm³/mol. The molecule has 1 aromatic heterocycles.